The standard InChI is InChI=1S/C19H21NO4/c1-4-24-13-7-5-12(6-8-13)14-10-19(21)20-16-11-18(23-3)17(22-2)9-15(14)16/h5-9,11,14H,4,10H2,1-3H3,(H,20,21)/t14-/m1/s1. The van der Waals surface area contributed by atoms with E-state index in [0.717, 1.165) is 22.6 Å². The molecule has 0 unspecified atom stereocenters. The minimum atomic E-state index is -0.0239. The van der Waals surface area contributed by atoms with Crippen LogP contribution in [0.4, 0.5) is 5.69 Å². The Labute approximate surface area is 141 Å². The first-order chi connectivity index (χ1) is 11.7. The zero-order valence-electron chi connectivity index (χ0n) is 14.1. The van der Waals surface area contributed by atoms with Gasteiger partial charge in [-0.05, 0) is 36.2 Å². The Balaban J connectivity index is 2.02. The van der Waals surface area contributed by atoms with Crippen LogP contribution in [0, 0.1) is 0 Å². The third kappa shape index (κ3) is 3.02. The van der Waals surface area contributed by atoms with E-state index in [-0.39, 0.29) is 11.8 Å². The lowest BCUT2D eigenvalue weighted by Gasteiger charge is -2.27. The largest absolute Gasteiger partial charge is 0.494 e. The maximum absolute atomic E-state index is 12.1. The van der Waals surface area contributed by atoms with E-state index < -0.39 is 0 Å². The molecule has 2 aromatic rings. The summed E-state index contributed by atoms with van der Waals surface area (Å²) >= 11 is 0. The maximum atomic E-state index is 12.1. The van der Waals surface area contributed by atoms with Gasteiger partial charge in [0, 0.05) is 24.1 Å². The van der Waals surface area contributed by atoms with Crippen LogP contribution < -0.4 is 19.5 Å². The summed E-state index contributed by atoms with van der Waals surface area (Å²) in [5, 5.41) is 2.92. The van der Waals surface area contributed by atoms with Crippen molar-refractivity contribution in [2.24, 2.45) is 0 Å². The Morgan fingerprint density at radius 2 is 1.75 bits per heavy atom. The molecule has 2 aromatic carbocycles. The van der Waals surface area contributed by atoms with Crippen molar-refractivity contribution in [2.75, 3.05) is 26.1 Å². The van der Waals surface area contributed by atoms with Gasteiger partial charge in [-0.25, -0.2) is 0 Å². The molecule has 0 spiro atoms. The van der Waals surface area contributed by atoms with Crippen LogP contribution in [0.25, 0.3) is 0 Å². The molecular formula is C19H21NO4. The smallest absolute Gasteiger partial charge is 0.225 e. The number of amides is 1. The number of benzene rings is 2. The average molecular weight is 327 g/mol. The summed E-state index contributed by atoms with van der Waals surface area (Å²) in [5.74, 6) is 2.05. The van der Waals surface area contributed by atoms with E-state index in [0.29, 0.717) is 24.5 Å². The number of ether oxygens (including phenoxy) is 3. The summed E-state index contributed by atoms with van der Waals surface area (Å²) < 4.78 is 16.2. The molecule has 0 saturated heterocycles. The number of hydrogen-bond donors (Lipinski definition) is 1. The average Bonchev–Trinajstić information content (AvgIpc) is 2.60. The summed E-state index contributed by atoms with van der Waals surface area (Å²) in [6.07, 6.45) is 0.399. The van der Waals surface area contributed by atoms with Gasteiger partial charge in [0.15, 0.2) is 11.5 Å². The van der Waals surface area contributed by atoms with Gasteiger partial charge in [-0.3, -0.25) is 4.79 Å². The molecule has 0 radical (unpaired) electrons. The van der Waals surface area contributed by atoms with Crippen molar-refractivity contribution in [3.8, 4) is 17.2 Å². The summed E-state index contributed by atoms with van der Waals surface area (Å²) in [6.45, 7) is 2.58. The molecular weight excluding hydrogens is 306 g/mol. The van der Waals surface area contributed by atoms with Gasteiger partial charge < -0.3 is 19.5 Å². The molecule has 0 aromatic heterocycles. The fourth-order valence-corrected chi connectivity index (χ4v) is 3.05. The summed E-state index contributed by atoms with van der Waals surface area (Å²) in [7, 11) is 3.19. The molecule has 1 aliphatic heterocycles. The molecule has 5 nitrogen and oxygen atoms in total. The van der Waals surface area contributed by atoms with Gasteiger partial charge in [0.2, 0.25) is 5.91 Å². The normalized spacial score (nSPS) is 16.1. The van der Waals surface area contributed by atoms with E-state index >= 15 is 0 Å². The van der Waals surface area contributed by atoms with Crippen LogP contribution in [0.3, 0.4) is 0 Å². The van der Waals surface area contributed by atoms with Crippen molar-refractivity contribution in [2.45, 2.75) is 19.3 Å². The van der Waals surface area contributed by atoms with Crippen LogP contribution in [0.15, 0.2) is 36.4 Å². The molecule has 1 atom stereocenters. The van der Waals surface area contributed by atoms with Gasteiger partial charge in [0.05, 0.1) is 20.8 Å². The molecule has 5 heteroatoms. The third-order valence-corrected chi connectivity index (χ3v) is 4.19. The van der Waals surface area contributed by atoms with E-state index in [1.807, 2.05) is 43.3 Å². The van der Waals surface area contributed by atoms with Crippen molar-refractivity contribution in [3.63, 3.8) is 0 Å². The maximum Gasteiger partial charge on any atom is 0.225 e. The van der Waals surface area contributed by atoms with E-state index in [9.17, 15) is 4.79 Å². The van der Waals surface area contributed by atoms with Crippen molar-refractivity contribution < 1.29 is 19.0 Å². The highest BCUT2D eigenvalue weighted by molar-refractivity contribution is 5.96. The van der Waals surface area contributed by atoms with Gasteiger partial charge in [-0.15, -0.1) is 0 Å². The minimum Gasteiger partial charge on any atom is -0.494 e. The monoisotopic (exact) mass is 327 g/mol. The van der Waals surface area contributed by atoms with E-state index in [1.165, 1.54) is 0 Å². The summed E-state index contributed by atoms with van der Waals surface area (Å²) in [5.41, 5.74) is 2.86. The zero-order chi connectivity index (χ0) is 17.1. The molecule has 1 N–H and O–H groups in total. The lowest BCUT2D eigenvalue weighted by Crippen LogP contribution is -2.23. The lowest BCUT2D eigenvalue weighted by atomic mass is 9.84. The number of fused-ring (bicyclic) bond motifs is 1. The van der Waals surface area contributed by atoms with Crippen LogP contribution in [0.2, 0.25) is 0 Å². The van der Waals surface area contributed by atoms with E-state index in [1.54, 1.807) is 14.2 Å². The first-order valence-electron chi connectivity index (χ1n) is 7.94. The molecule has 126 valence electrons. The van der Waals surface area contributed by atoms with Crippen molar-refractivity contribution >= 4 is 11.6 Å². The quantitative estimate of drug-likeness (QED) is 0.912. The lowest BCUT2D eigenvalue weighted by molar-refractivity contribution is -0.116. The SMILES string of the molecule is CCOc1ccc([C@H]2CC(=O)Nc3cc(OC)c(OC)cc32)cc1. The molecule has 1 aliphatic rings. The number of hydrogen-bond acceptors (Lipinski definition) is 4. The summed E-state index contributed by atoms with van der Waals surface area (Å²) in [4.78, 5) is 12.1. The Morgan fingerprint density at radius 3 is 2.38 bits per heavy atom. The van der Waals surface area contributed by atoms with Crippen molar-refractivity contribution in [1.29, 1.82) is 0 Å². The minimum absolute atomic E-state index is 0.00592. The predicted molar refractivity (Wildman–Crippen MR) is 92.2 cm³/mol. The van der Waals surface area contributed by atoms with Crippen LogP contribution in [0.5, 0.6) is 17.2 Å². The molecule has 3 rings (SSSR count). The Kier molecular flexibility index (Phi) is 4.60. The van der Waals surface area contributed by atoms with Gasteiger partial charge in [-0.1, -0.05) is 12.1 Å². The molecule has 0 saturated carbocycles. The van der Waals surface area contributed by atoms with Gasteiger partial charge in [0.1, 0.15) is 5.75 Å². The van der Waals surface area contributed by atoms with Crippen LogP contribution in [-0.2, 0) is 4.79 Å². The Hall–Kier alpha value is -2.69. The van der Waals surface area contributed by atoms with E-state index in [2.05, 4.69) is 5.32 Å². The second kappa shape index (κ2) is 6.83. The highest BCUT2D eigenvalue weighted by atomic mass is 16.5. The number of carbonyl (C=O) groups is 1. The topological polar surface area (TPSA) is 56.8 Å². The van der Waals surface area contributed by atoms with E-state index in [4.69, 9.17) is 14.2 Å². The van der Waals surface area contributed by atoms with Crippen LogP contribution in [-0.4, -0.2) is 26.7 Å². The molecule has 24 heavy (non-hydrogen) atoms. The second-order valence-electron chi connectivity index (χ2n) is 5.60. The van der Waals surface area contributed by atoms with Crippen molar-refractivity contribution in [3.05, 3.63) is 47.5 Å². The number of methoxy groups -OCH3 is 2. The van der Waals surface area contributed by atoms with Crippen LogP contribution in [0.1, 0.15) is 30.4 Å². The second-order valence-corrected chi connectivity index (χ2v) is 5.60. The molecule has 0 fully saturated rings. The first kappa shape index (κ1) is 16.2. The Morgan fingerprint density at radius 1 is 1.08 bits per heavy atom. The fourth-order valence-electron chi connectivity index (χ4n) is 3.05. The highest BCUT2D eigenvalue weighted by Gasteiger charge is 2.28. The number of anilines is 1. The zero-order valence-corrected chi connectivity index (χ0v) is 14.1. The molecule has 1 heterocycles. The summed E-state index contributed by atoms with van der Waals surface area (Å²) in [6, 6.07) is 11.6. The fraction of sp³-hybridized carbons (Fsp3) is 0.316. The van der Waals surface area contributed by atoms with Gasteiger partial charge in [0.25, 0.3) is 0 Å². The Bertz CT molecular complexity index is 740. The number of carbonyl (C=O) groups excluding carboxylic acids is 1. The van der Waals surface area contributed by atoms with Gasteiger partial charge >= 0.3 is 0 Å². The number of rotatable bonds is 5. The van der Waals surface area contributed by atoms with Crippen LogP contribution >= 0.6 is 0 Å². The molecule has 1 amide bonds. The van der Waals surface area contributed by atoms with Crippen molar-refractivity contribution in [1.82, 2.24) is 0 Å². The third-order valence-electron chi connectivity index (χ3n) is 4.19. The van der Waals surface area contributed by atoms with Gasteiger partial charge in [-0.2, -0.15) is 0 Å². The highest BCUT2D eigenvalue weighted by Crippen LogP contribution is 2.43. The molecule has 0 aliphatic carbocycles. The molecule has 0 bridgehead atoms. The first-order valence-corrected chi connectivity index (χ1v) is 7.94. The predicted octanol–water partition coefficient (Wildman–Crippen LogP) is 3.58. The number of nitrogens with one attached hydrogen (secondary N) is 1.